The van der Waals surface area contributed by atoms with Crippen LogP contribution in [0.15, 0.2) is 18.2 Å². The molecule has 1 atom stereocenters. The van der Waals surface area contributed by atoms with E-state index in [1.54, 1.807) is 0 Å². The topological polar surface area (TPSA) is 74.3 Å². The van der Waals surface area contributed by atoms with E-state index in [0.29, 0.717) is 24.6 Å². The number of amides is 2. The molecule has 0 saturated carbocycles. The van der Waals surface area contributed by atoms with Crippen molar-refractivity contribution < 1.29 is 18.4 Å². The lowest BCUT2D eigenvalue weighted by Crippen LogP contribution is -2.44. The molecule has 0 bridgehead atoms. The lowest BCUT2D eigenvalue weighted by molar-refractivity contribution is -0.123. The van der Waals surface area contributed by atoms with Crippen molar-refractivity contribution >= 4 is 34.0 Å². The molecule has 9 heteroatoms. The van der Waals surface area contributed by atoms with Gasteiger partial charge in [0.05, 0.1) is 18.2 Å². The van der Waals surface area contributed by atoms with E-state index in [1.807, 2.05) is 18.7 Å². The molecule has 28 heavy (non-hydrogen) atoms. The normalized spacial score (nSPS) is 17.4. The second-order valence-electron chi connectivity index (χ2n) is 6.87. The van der Waals surface area contributed by atoms with Crippen LogP contribution in [0.5, 0.6) is 0 Å². The van der Waals surface area contributed by atoms with Gasteiger partial charge in [-0.25, -0.2) is 13.8 Å². The first-order chi connectivity index (χ1) is 13.3. The zero-order valence-corrected chi connectivity index (χ0v) is 16.5. The fourth-order valence-corrected chi connectivity index (χ4v) is 3.97. The number of anilines is 2. The van der Waals surface area contributed by atoms with Crippen molar-refractivity contribution in [1.82, 2.24) is 9.88 Å². The average Bonchev–Trinajstić information content (AvgIpc) is 2.95. The number of likely N-dealkylation sites (tertiary alicyclic amines) is 1. The number of benzene rings is 1. The first-order valence-corrected chi connectivity index (χ1v) is 9.86. The van der Waals surface area contributed by atoms with Crippen molar-refractivity contribution in [3.05, 3.63) is 40.4 Å². The molecule has 1 aliphatic rings. The molecule has 2 N–H and O–H groups in total. The third-order valence-electron chi connectivity index (χ3n) is 4.73. The molecule has 6 nitrogen and oxygen atoms in total. The maximum atomic E-state index is 13.7. The van der Waals surface area contributed by atoms with Gasteiger partial charge in [0.2, 0.25) is 11.8 Å². The summed E-state index contributed by atoms with van der Waals surface area (Å²) in [5.41, 5.74) is 0.451. The molecule has 2 aromatic rings. The molecule has 3 rings (SSSR count). The van der Waals surface area contributed by atoms with Gasteiger partial charge in [0.15, 0.2) is 5.13 Å². The maximum absolute atomic E-state index is 13.7. The van der Waals surface area contributed by atoms with E-state index < -0.39 is 29.1 Å². The van der Waals surface area contributed by atoms with Crippen molar-refractivity contribution in [1.29, 1.82) is 0 Å². The molecule has 1 aromatic heterocycles. The number of hydrogen-bond acceptors (Lipinski definition) is 5. The van der Waals surface area contributed by atoms with Crippen molar-refractivity contribution in [3.63, 3.8) is 0 Å². The van der Waals surface area contributed by atoms with Gasteiger partial charge in [0.1, 0.15) is 17.3 Å². The molecule has 1 aromatic carbocycles. The van der Waals surface area contributed by atoms with Gasteiger partial charge < -0.3 is 10.6 Å². The Hall–Kier alpha value is -2.39. The molecule has 0 aliphatic carbocycles. The standard InChI is InChI=1S/C19H22F2N4O2S/c1-11-12(2)28-19(22-11)23-16(26)10-25-8-4-5-13(9-25)18(27)24-17-14(20)6-3-7-15(17)21/h3,6-7,13H,4-5,8-10H2,1-2H3,(H,24,27)(H,22,23,26). The minimum atomic E-state index is -0.811. The van der Waals surface area contributed by atoms with Crippen LogP contribution in [0.25, 0.3) is 0 Å². The van der Waals surface area contributed by atoms with Crippen molar-refractivity contribution in [2.75, 3.05) is 30.3 Å². The summed E-state index contributed by atoms with van der Waals surface area (Å²) in [6, 6.07) is 3.43. The first-order valence-electron chi connectivity index (χ1n) is 9.04. The Morgan fingerprint density at radius 1 is 1.25 bits per heavy atom. The van der Waals surface area contributed by atoms with Crippen LogP contribution >= 0.6 is 11.3 Å². The maximum Gasteiger partial charge on any atom is 0.240 e. The fourth-order valence-electron chi connectivity index (χ4n) is 3.14. The summed E-state index contributed by atoms with van der Waals surface area (Å²) < 4.78 is 27.5. The molecular weight excluding hydrogens is 386 g/mol. The molecule has 150 valence electrons. The minimum Gasteiger partial charge on any atom is -0.321 e. The Kier molecular flexibility index (Phi) is 6.35. The van der Waals surface area contributed by atoms with Gasteiger partial charge in [0, 0.05) is 11.4 Å². The number of thiazole rings is 1. The molecule has 1 unspecified atom stereocenters. The second-order valence-corrected chi connectivity index (χ2v) is 8.07. The Morgan fingerprint density at radius 3 is 2.61 bits per heavy atom. The number of nitrogens with one attached hydrogen (secondary N) is 2. The van der Waals surface area contributed by atoms with E-state index >= 15 is 0 Å². The predicted molar refractivity (Wildman–Crippen MR) is 104 cm³/mol. The van der Waals surface area contributed by atoms with Gasteiger partial charge in [-0.1, -0.05) is 6.07 Å². The Bertz CT molecular complexity index is 847. The van der Waals surface area contributed by atoms with Crippen LogP contribution < -0.4 is 10.6 Å². The van der Waals surface area contributed by atoms with Crippen LogP contribution in [0, 0.1) is 31.4 Å². The van der Waals surface area contributed by atoms with Gasteiger partial charge in [-0.05, 0) is 45.4 Å². The van der Waals surface area contributed by atoms with Crippen LogP contribution in [-0.2, 0) is 9.59 Å². The summed E-state index contributed by atoms with van der Waals surface area (Å²) in [5.74, 6) is -2.70. The summed E-state index contributed by atoms with van der Waals surface area (Å²) in [4.78, 5) is 31.9. The van der Waals surface area contributed by atoms with Crippen LogP contribution in [-0.4, -0.2) is 41.3 Å². The van der Waals surface area contributed by atoms with E-state index in [9.17, 15) is 18.4 Å². The summed E-state index contributed by atoms with van der Waals surface area (Å²) in [6.45, 7) is 4.99. The lowest BCUT2D eigenvalue weighted by atomic mass is 9.97. The monoisotopic (exact) mass is 408 g/mol. The predicted octanol–water partition coefficient (Wildman–Crippen LogP) is 3.33. The average molecular weight is 408 g/mol. The highest BCUT2D eigenvalue weighted by atomic mass is 32.1. The molecule has 0 radical (unpaired) electrons. The van der Waals surface area contributed by atoms with E-state index in [4.69, 9.17) is 0 Å². The highest BCUT2D eigenvalue weighted by Gasteiger charge is 2.28. The summed E-state index contributed by atoms with van der Waals surface area (Å²) in [7, 11) is 0. The summed E-state index contributed by atoms with van der Waals surface area (Å²) in [5, 5.41) is 5.68. The number of hydrogen-bond donors (Lipinski definition) is 2. The van der Waals surface area contributed by atoms with Crippen LogP contribution in [0.4, 0.5) is 19.6 Å². The number of para-hydroxylation sites is 1. The quantitative estimate of drug-likeness (QED) is 0.796. The number of carbonyl (C=O) groups excluding carboxylic acids is 2. The van der Waals surface area contributed by atoms with Gasteiger partial charge >= 0.3 is 0 Å². The number of carbonyl (C=O) groups is 2. The number of aryl methyl sites for hydroxylation is 2. The number of halogens is 2. The zero-order valence-electron chi connectivity index (χ0n) is 15.7. The van der Waals surface area contributed by atoms with Gasteiger partial charge in [-0.3, -0.25) is 14.5 Å². The lowest BCUT2D eigenvalue weighted by Gasteiger charge is -2.31. The second kappa shape index (κ2) is 8.74. The number of rotatable bonds is 5. The smallest absolute Gasteiger partial charge is 0.240 e. The molecule has 1 aliphatic heterocycles. The van der Waals surface area contributed by atoms with Crippen molar-refractivity contribution in [2.45, 2.75) is 26.7 Å². The largest absolute Gasteiger partial charge is 0.321 e. The number of aromatic nitrogens is 1. The Labute approximate surface area is 166 Å². The molecular formula is C19H22F2N4O2S. The molecule has 0 spiro atoms. The Balaban J connectivity index is 1.56. The van der Waals surface area contributed by atoms with Crippen LogP contribution in [0.2, 0.25) is 0 Å². The van der Waals surface area contributed by atoms with E-state index in [1.165, 1.54) is 17.4 Å². The van der Waals surface area contributed by atoms with E-state index in [2.05, 4.69) is 15.6 Å². The summed E-state index contributed by atoms with van der Waals surface area (Å²) >= 11 is 1.42. The van der Waals surface area contributed by atoms with E-state index in [-0.39, 0.29) is 12.5 Å². The third-order valence-corrected chi connectivity index (χ3v) is 5.72. The Morgan fingerprint density at radius 2 is 1.96 bits per heavy atom. The van der Waals surface area contributed by atoms with Crippen LogP contribution in [0.1, 0.15) is 23.4 Å². The molecule has 1 fully saturated rings. The third kappa shape index (κ3) is 4.90. The highest BCUT2D eigenvalue weighted by molar-refractivity contribution is 7.15. The fraction of sp³-hybridized carbons (Fsp3) is 0.421. The van der Waals surface area contributed by atoms with Crippen molar-refractivity contribution in [3.8, 4) is 0 Å². The first kappa shape index (κ1) is 20.3. The highest BCUT2D eigenvalue weighted by Crippen LogP contribution is 2.23. The SMILES string of the molecule is Cc1nc(NC(=O)CN2CCCC(C(=O)Nc3c(F)cccc3F)C2)sc1C. The molecule has 2 heterocycles. The van der Waals surface area contributed by atoms with Crippen LogP contribution in [0.3, 0.4) is 0 Å². The zero-order chi connectivity index (χ0) is 20.3. The van der Waals surface area contributed by atoms with Gasteiger partial charge in [0.25, 0.3) is 0 Å². The number of nitrogens with zero attached hydrogens (tertiary/aromatic N) is 2. The molecule has 1 saturated heterocycles. The van der Waals surface area contributed by atoms with Gasteiger partial charge in [-0.15, -0.1) is 11.3 Å². The number of piperidine rings is 1. The van der Waals surface area contributed by atoms with Crippen molar-refractivity contribution in [2.24, 2.45) is 5.92 Å². The van der Waals surface area contributed by atoms with E-state index in [0.717, 1.165) is 29.1 Å². The minimum absolute atomic E-state index is 0.134. The molecule has 2 amide bonds. The summed E-state index contributed by atoms with van der Waals surface area (Å²) in [6.07, 6.45) is 1.32. The van der Waals surface area contributed by atoms with Gasteiger partial charge in [-0.2, -0.15) is 0 Å².